The molecule has 2 unspecified atom stereocenters. The molecule has 1 aromatic carbocycles. The maximum atomic E-state index is 12.6. The Labute approximate surface area is 144 Å². The summed E-state index contributed by atoms with van der Waals surface area (Å²) in [5.74, 6) is -0.217. The highest BCUT2D eigenvalue weighted by Gasteiger charge is 2.33. The SMILES string of the molecule is CC(O)c1ccccc1NC(=O)C1CCCN(C(=O)C(C)(C)C)C1. The Morgan fingerprint density at radius 2 is 1.96 bits per heavy atom. The molecular weight excluding hydrogens is 304 g/mol. The predicted molar refractivity (Wildman–Crippen MR) is 94.5 cm³/mol. The number of carbonyl (C=O) groups excluding carboxylic acids is 2. The maximum absolute atomic E-state index is 12.6. The standard InChI is InChI=1S/C19H28N2O3/c1-13(22)15-9-5-6-10-16(15)20-17(23)14-8-7-11-21(12-14)18(24)19(2,3)4/h5-6,9-10,13-14,22H,7-8,11-12H2,1-4H3,(H,20,23). The van der Waals surface area contributed by atoms with Crippen LogP contribution in [-0.2, 0) is 9.59 Å². The lowest BCUT2D eigenvalue weighted by Gasteiger charge is -2.36. The van der Waals surface area contributed by atoms with E-state index in [1.165, 1.54) is 0 Å². The maximum Gasteiger partial charge on any atom is 0.229 e. The lowest BCUT2D eigenvalue weighted by atomic mass is 9.91. The summed E-state index contributed by atoms with van der Waals surface area (Å²) in [5, 5.41) is 12.8. The van der Waals surface area contributed by atoms with Crippen LogP contribution >= 0.6 is 0 Å². The smallest absolute Gasteiger partial charge is 0.229 e. The van der Waals surface area contributed by atoms with Crippen LogP contribution in [0.5, 0.6) is 0 Å². The molecule has 132 valence electrons. The van der Waals surface area contributed by atoms with E-state index in [-0.39, 0.29) is 17.7 Å². The molecule has 0 bridgehead atoms. The van der Waals surface area contributed by atoms with Crippen molar-refractivity contribution in [3.63, 3.8) is 0 Å². The van der Waals surface area contributed by atoms with Crippen LogP contribution in [0, 0.1) is 11.3 Å². The van der Waals surface area contributed by atoms with Gasteiger partial charge in [0.2, 0.25) is 11.8 Å². The van der Waals surface area contributed by atoms with Crippen molar-refractivity contribution in [1.29, 1.82) is 0 Å². The summed E-state index contributed by atoms with van der Waals surface area (Å²) in [7, 11) is 0. The zero-order valence-electron chi connectivity index (χ0n) is 15.0. The predicted octanol–water partition coefficient (Wildman–Crippen LogP) is 2.96. The molecule has 0 radical (unpaired) electrons. The number of likely N-dealkylation sites (tertiary alicyclic amines) is 1. The Morgan fingerprint density at radius 1 is 1.29 bits per heavy atom. The van der Waals surface area contributed by atoms with Gasteiger partial charge in [0.05, 0.1) is 12.0 Å². The summed E-state index contributed by atoms with van der Waals surface area (Å²) in [6, 6.07) is 7.26. The Hall–Kier alpha value is -1.88. The van der Waals surface area contributed by atoms with Crippen LogP contribution in [0.4, 0.5) is 5.69 Å². The van der Waals surface area contributed by atoms with E-state index in [0.717, 1.165) is 12.8 Å². The third-order valence-corrected chi connectivity index (χ3v) is 4.39. The van der Waals surface area contributed by atoms with E-state index in [4.69, 9.17) is 0 Å². The lowest BCUT2D eigenvalue weighted by Crippen LogP contribution is -2.47. The zero-order valence-corrected chi connectivity index (χ0v) is 15.0. The highest BCUT2D eigenvalue weighted by atomic mass is 16.3. The number of piperidine rings is 1. The van der Waals surface area contributed by atoms with Gasteiger partial charge in [0, 0.05) is 29.8 Å². The molecule has 24 heavy (non-hydrogen) atoms. The second kappa shape index (κ2) is 7.34. The Balaban J connectivity index is 2.06. The summed E-state index contributed by atoms with van der Waals surface area (Å²) >= 11 is 0. The number of carbonyl (C=O) groups is 2. The first-order valence-electron chi connectivity index (χ1n) is 8.57. The van der Waals surface area contributed by atoms with Gasteiger partial charge in [-0.3, -0.25) is 9.59 Å². The van der Waals surface area contributed by atoms with E-state index in [9.17, 15) is 14.7 Å². The minimum atomic E-state index is -0.646. The molecule has 5 nitrogen and oxygen atoms in total. The molecule has 2 amide bonds. The summed E-state index contributed by atoms with van der Waals surface area (Å²) < 4.78 is 0. The van der Waals surface area contributed by atoms with E-state index in [2.05, 4.69) is 5.32 Å². The highest BCUT2D eigenvalue weighted by Crippen LogP contribution is 2.26. The van der Waals surface area contributed by atoms with Crippen molar-refractivity contribution in [2.24, 2.45) is 11.3 Å². The summed E-state index contributed by atoms with van der Waals surface area (Å²) in [6.45, 7) is 8.55. The number of anilines is 1. The van der Waals surface area contributed by atoms with Crippen LogP contribution in [0.1, 0.15) is 52.2 Å². The molecule has 5 heteroatoms. The van der Waals surface area contributed by atoms with E-state index in [0.29, 0.717) is 24.3 Å². The number of nitrogens with one attached hydrogen (secondary N) is 1. The molecule has 1 aliphatic heterocycles. The number of hydrogen-bond donors (Lipinski definition) is 2. The van der Waals surface area contributed by atoms with Gasteiger partial charge in [0.15, 0.2) is 0 Å². The van der Waals surface area contributed by atoms with Crippen LogP contribution in [-0.4, -0.2) is 34.9 Å². The van der Waals surface area contributed by atoms with Crippen LogP contribution in [0.3, 0.4) is 0 Å². The van der Waals surface area contributed by atoms with Gasteiger partial charge in [0.25, 0.3) is 0 Å². The fraction of sp³-hybridized carbons (Fsp3) is 0.579. The van der Waals surface area contributed by atoms with Crippen molar-refractivity contribution in [3.05, 3.63) is 29.8 Å². The molecule has 0 spiro atoms. The monoisotopic (exact) mass is 332 g/mol. The van der Waals surface area contributed by atoms with Crippen LogP contribution < -0.4 is 5.32 Å². The van der Waals surface area contributed by atoms with Gasteiger partial charge < -0.3 is 15.3 Å². The van der Waals surface area contributed by atoms with E-state index >= 15 is 0 Å². The second-order valence-electron chi connectivity index (χ2n) is 7.59. The molecule has 1 saturated heterocycles. The second-order valence-corrected chi connectivity index (χ2v) is 7.59. The summed E-state index contributed by atoms with van der Waals surface area (Å²) in [5.41, 5.74) is 0.901. The van der Waals surface area contributed by atoms with Gasteiger partial charge >= 0.3 is 0 Å². The number of amides is 2. The first-order valence-corrected chi connectivity index (χ1v) is 8.57. The normalized spacial score (nSPS) is 19.7. The number of hydrogen-bond acceptors (Lipinski definition) is 3. The Bertz CT molecular complexity index is 605. The van der Waals surface area contributed by atoms with E-state index in [1.807, 2.05) is 32.9 Å². The average Bonchev–Trinajstić information content (AvgIpc) is 2.53. The lowest BCUT2D eigenvalue weighted by molar-refractivity contribution is -0.142. The van der Waals surface area contributed by atoms with Crippen molar-refractivity contribution >= 4 is 17.5 Å². The fourth-order valence-corrected chi connectivity index (χ4v) is 3.06. The molecule has 1 fully saturated rings. The molecule has 2 N–H and O–H groups in total. The summed E-state index contributed by atoms with van der Waals surface area (Å²) in [6.07, 6.45) is 0.959. The summed E-state index contributed by atoms with van der Waals surface area (Å²) in [4.78, 5) is 26.9. The molecular formula is C19H28N2O3. The van der Waals surface area contributed by atoms with Gasteiger partial charge in [-0.05, 0) is 25.8 Å². The third kappa shape index (κ3) is 4.35. The van der Waals surface area contributed by atoms with Crippen molar-refractivity contribution in [2.75, 3.05) is 18.4 Å². The zero-order chi connectivity index (χ0) is 17.9. The molecule has 0 saturated carbocycles. The van der Waals surface area contributed by atoms with Crippen molar-refractivity contribution < 1.29 is 14.7 Å². The van der Waals surface area contributed by atoms with Crippen LogP contribution in [0.15, 0.2) is 24.3 Å². The molecule has 1 aliphatic rings. The van der Waals surface area contributed by atoms with E-state index in [1.54, 1.807) is 24.0 Å². The van der Waals surface area contributed by atoms with Gasteiger partial charge in [-0.15, -0.1) is 0 Å². The van der Waals surface area contributed by atoms with Crippen molar-refractivity contribution in [3.8, 4) is 0 Å². The van der Waals surface area contributed by atoms with Crippen molar-refractivity contribution in [1.82, 2.24) is 4.90 Å². The molecule has 1 aromatic rings. The minimum absolute atomic E-state index is 0.0874. The number of nitrogens with zero attached hydrogens (tertiary/aromatic N) is 1. The average molecular weight is 332 g/mol. The molecule has 2 rings (SSSR count). The van der Waals surface area contributed by atoms with Crippen LogP contribution in [0.2, 0.25) is 0 Å². The number of aliphatic hydroxyl groups excluding tert-OH is 1. The Kier molecular flexibility index (Phi) is 5.65. The quantitative estimate of drug-likeness (QED) is 0.894. The van der Waals surface area contributed by atoms with Crippen LogP contribution in [0.25, 0.3) is 0 Å². The topological polar surface area (TPSA) is 69.6 Å². The first-order chi connectivity index (χ1) is 11.2. The van der Waals surface area contributed by atoms with Gasteiger partial charge in [-0.1, -0.05) is 39.0 Å². The molecule has 0 aliphatic carbocycles. The molecule has 2 atom stereocenters. The van der Waals surface area contributed by atoms with E-state index < -0.39 is 11.5 Å². The number of aliphatic hydroxyl groups is 1. The molecule has 0 aromatic heterocycles. The largest absolute Gasteiger partial charge is 0.389 e. The fourth-order valence-electron chi connectivity index (χ4n) is 3.06. The van der Waals surface area contributed by atoms with Gasteiger partial charge in [-0.2, -0.15) is 0 Å². The third-order valence-electron chi connectivity index (χ3n) is 4.39. The van der Waals surface area contributed by atoms with Crippen molar-refractivity contribution in [2.45, 2.75) is 46.6 Å². The molecule has 1 heterocycles. The minimum Gasteiger partial charge on any atom is -0.389 e. The number of para-hydroxylation sites is 1. The van der Waals surface area contributed by atoms with Gasteiger partial charge in [-0.25, -0.2) is 0 Å². The highest BCUT2D eigenvalue weighted by molar-refractivity contribution is 5.94. The van der Waals surface area contributed by atoms with Gasteiger partial charge in [0.1, 0.15) is 0 Å². The number of rotatable bonds is 3. The Morgan fingerprint density at radius 3 is 2.58 bits per heavy atom. The first kappa shape index (κ1) is 18.5. The number of benzene rings is 1.